The number of methoxy groups -OCH3 is 1. The van der Waals surface area contributed by atoms with Crippen LogP contribution in [0.2, 0.25) is 0 Å². The summed E-state index contributed by atoms with van der Waals surface area (Å²) in [6.07, 6.45) is 20.8. The lowest BCUT2D eigenvalue weighted by atomic mass is 9.54. The average molecular weight is 1030 g/mol. The Bertz CT molecular complexity index is 2540. The van der Waals surface area contributed by atoms with Gasteiger partial charge in [0.15, 0.2) is 0 Å². The maximum Gasteiger partial charge on any atom is 0.338 e. The molecule has 4 unspecified atom stereocenters. The fourth-order valence-electron chi connectivity index (χ4n) is 10.4. The molecule has 402 valence electrons. The van der Waals surface area contributed by atoms with Crippen LogP contribution in [0, 0.1) is 29.6 Å². The van der Waals surface area contributed by atoms with E-state index in [1.165, 1.54) is 45.6 Å². The minimum Gasteiger partial charge on any atom is -0.466 e. The van der Waals surface area contributed by atoms with Crippen molar-refractivity contribution in [2.24, 2.45) is 29.6 Å². The van der Waals surface area contributed by atoms with Crippen molar-refractivity contribution in [1.82, 2.24) is 0 Å². The van der Waals surface area contributed by atoms with E-state index in [1.54, 1.807) is 65.0 Å². The minimum atomic E-state index is -0.394. The summed E-state index contributed by atoms with van der Waals surface area (Å²) in [7, 11) is 1.31. The molecule has 0 aromatic heterocycles. The summed E-state index contributed by atoms with van der Waals surface area (Å²) in [4.78, 5) is 66.3. The molecule has 3 aromatic rings. The molecule has 7 aliphatic carbocycles. The Hall–Kier alpha value is -7.08. The Labute approximate surface area is 444 Å². The van der Waals surface area contributed by atoms with Gasteiger partial charge in [0, 0.05) is 45.7 Å². The predicted octanol–water partition coefficient (Wildman–Crippen LogP) is 13.4. The maximum absolute atomic E-state index is 11.7. The van der Waals surface area contributed by atoms with Crippen LogP contribution < -0.4 is 9.47 Å². The molecule has 0 N–H and O–H groups in total. The molecule has 6 bridgehead atoms. The van der Waals surface area contributed by atoms with Crippen molar-refractivity contribution in [2.45, 2.75) is 136 Å². The number of hydrogen-bond donors (Lipinski definition) is 0. The third-order valence-electron chi connectivity index (χ3n) is 13.7. The van der Waals surface area contributed by atoms with Gasteiger partial charge < -0.3 is 28.4 Å². The number of fused-ring (bicyclic) bond motifs is 3. The maximum atomic E-state index is 11.7. The lowest BCUT2D eigenvalue weighted by Gasteiger charge is -2.55. The number of rotatable bonds is 11. The normalized spacial score (nSPS) is 23.4. The second-order valence-electron chi connectivity index (χ2n) is 20.6. The summed E-state index contributed by atoms with van der Waals surface area (Å²) in [6.45, 7) is 29.3. The van der Waals surface area contributed by atoms with Crippen LogP contribution in [0.3, 0.4) is 0 Å². The third-order valence-corrected chi connectivity index (χ3v) is 13.7. The zero-order valence-electron chi connectivity index (χ0n) is 45.0. The Kier molecular flexibility index (Phi) is 24.0. The van der Waals surface area contributed by atoms with Gasteiger partial charge in [-0.25, -0.2) is 28.8 Å². The molecule has 10 rings (SSSR count). The number of esters is 6. The Morgan fingerprint density at radius 1 is 0.547 bits per heavy atom. The molecular weight excluding hydrogens is 949 g/mol. The lowest BCUT2D eigenvalue weighted by molar-refractivity contribution is -0.182. The largest absolute Gasteiger partial charge is 0.466 e. The van der Waals surface area contributed by atoms with Gasteiger partial charge in [-0.3, -0.25) is 0 Å². The fraction of sp³-hybridized carbons (Fsp3) is 0.429. The molecule has 12 nitrogen and oxygen atoms in total. The Morgan fingerprint density at radius 3 is 1.56 bits per heavy atom. The van der Waals surface area contributed by atoms with E-state index in [2.05, 4.69) is 56.4 Å². The Balaban J connectivity index is 0.000000199. The topological polar surface area (TPSA) is 158 Å². The zero-order chi connectivity index (χ0) is 55.2. The van der Waals surface area contributed by atoms with Crippen molar-refractivity contribution in [3.8, 4) is 11.5 Å². The lowest BCUT2D eigenvalue weighted by Crippen LogP contribution is -2.52. The van der Waals surface area contributed by atoms with Gasteiger partial charge in [-0.2, -0.15) is 0 Å². The van der Waals surface area contributed by atoms with Gasteiger partial charge >= 0.3 is 35.8 Å². The second kappa shape index (κ2) is 29.7. The smallest absolute Gasteiger partial charge is 0.338 e. The highest BCUT2D eigenvalue weighted by Gasteiger charge is 2.53. The summed E-state index contributed by atoms with van der Waals surface area (Å²) in [5, 5.41) is 1.98. The van der Waals surface area contributed by atoms with Crippen LogP contribution in [0.1, 0.15) is 118 Å². The minimum absolute atomic E-state index is 0.0687. The first-order chi connectivity index (χ1) is 35.6. The summed E-state index contributed by atoms with van der Waals surface area (Å²) in [5.41, 5.74) is 2.22. The molecule has 7 aliphatic rings. The summed E-state index contributed by atoms with van der Waals surface area (Å²) >= 11 is 0. The summed E-state index contributed by atoms with van der Waals surface area (Å²) < 4.78 is 30.6. The van der Waals surface area contributed by atoms with Crippen molar-refractivity contribution in [1.29, 1.82) is 0 Å². The van der Waals surface area contributed by atoms with Crippen molar-refractivity contribution in [3.63, 3.8) is 0 Å². The van der Waals surface area contributed by atoms with Crippen molar-refractivity contribution in [3.05, 3.63) is 158 Å². The molecule has 0 radical (unpaired) electrons. The monoisotopic (exact) mass is 1030 g/mol. The van der Waals surface area contributed by atoms with Gasteiger partial charge in [-0.05, 0) is 165 Å². The SMILES string of the molecule is C=C(C)C(=O)OC12CC3CC(CC(C3)C1)C2.C=C(C)C(=O)OC1CC2CCC1C2.C=C(C)C(=O)OC1CC=CCC1.C=C(C)C(=O)Oc1cccc2ccccc12.C=C(C)C(=O)Oc1ccccc1.C=CC(=O)OC. The third kappa shape index (κ3) is 19.9. The Morgan fingerprint density at radius 2 is 1.08 bits per heavy atom. The van der Waals surface area contributed by atoms with Crippen LogP contribution in [0.15, 0.2) is 158 Å². The van der Waals surface area contributed by atoms with E-state index in [4.69, 9.17) is 23.7 Å². The quantitative estimate of drug-likeness (QED) is 0.0589. The molecule has 0 amide bonds. The molecule has 0 heterocycles. The van der Waals surface area contributed by atoms with Gasteiger partial charge in [0.2, 0.25) is 0 Å². The molecule has 75 heavy (non-hydrogen) atoms. The molecule has 0 saturated heterocycles. The van der Waals surface area contributed by atoms with Crippen molar-refractivity contribution >= 4 is 46.6 Å². The number of ether oxygens (including phenoxy) is 6. The van der Waals surface area contributed by atoms with E-state index in [9.17, 15) is 28.8 Å². The van der Waals surface area contributed by atoms with Gasteiger partial charge in [-0.15, -0.1) is 0 Å². The van der Waals surface area contributed by atoms with Crippen molar-refractivity contribution < 1.29 is 57.2 Å². The number of benzene rings is 3. The molecule has 6 saturated carbocycles. The second-order valence-corrected chi connectivity index (χ2v) is 20.6. The molecule has 12 heteroatoms. The molecule has 0 spiro atoms. The first-order valence-electron chi connectivity index (χ1n) is 25.9. The van der Waals surface area contributed by atoms with Crippen LogP contribution in [0.5, 0.6) is 11.5 Å². The summed E-state index contributed by atoms with van der Waals surface area (Å²) in [5.74, 6) is 3.23. The highest BCUT2D eigenvalue weighted by molar-refractivity contribution is 5.94. The van der Waals surface area contributed by atoms with E-state index in [0.717, 1.165) is 85.5 Å². The number of carbonyl (C=O) groups is 6. The highest BCUT2D eigenvalue weighted by atomic mass is 16.6. The molecule has 0 aliphatic heterocycles. The molecule has 3 aromatic carbocycles. The predicted molar refractivity (Wildman–Crippen MR) is 293 cm³/mol. The molecule has 6 fully saturated rings. The van der Waals surface area contributed by atoms with Crippen LogP contribution in [0.25, 0.3) is 10.8 Å². The molecule has 4 atom stereocenters. The number of carbonyl (C=O) groups excluding carboxylic acids is 6. The van der Waals surface area contributed by atoms with Gasteiger partial charge in [0.1, 0.15) is 29.3 Å². The van der Waals surface area contributed by atoms with Gasteiger partial charge in [0.05, 0.1) is 7.11 Å². The number of hydrogen-bond acceptors (Lipinski definition) is 12. The van der Waals surface area contributed by atoms with Gasteiger partial charge in [0.25, 0.3) is 0 Å². The first kappa shape index (κ1) is 60.5. The summed E-state index contributed by atoms with van der Waals surface area (Å²) in [6, 6.07) is 22.3. The number of allylic oxidation sites excluding steroid dienone is 1. The zero-order valence-corrected chi connectivity index (χ0v) is 45.0. The van der Waals surface area contributed by atoms with Gasteiger partial charge in [-0.1, -0.05) is 106 Å². The van der Waals surface area contributed by atoms with E-state index < -0.39 is 11.9 Å². The van der Waals surface area contributed by atoms with Crippen LogP contribution in [-0.2, 0) is 47.7 Å². The van der Waals surface area contributed by atoms with Crippen LogP contribution >= 0.6 is 0 Å². The number of para-hydroxylation sites is 1. The van der Waals surface area contributed by atoms with Crippen LogP contribution in [-0.4, -0.2) is 60.7 Å². The van der Waals surface area contributed by atoms with E-state index >= 15 is 0 Å². The average Bonchev–Trinajstić information content (AvgIpc) is 4.01. The fourth-order valence-corrected chi connectivity index (χ4v) is 10.4. The first-order valence-corrected chi connectivity index (χ1v) is 25.9. The van der Waals surface area contributed by atoms with E-state index in [1.807, 2.05) is 42.5 Å². The highest BCUT2D eigenvalue weighted by Crippen LogP contribution is 2.57. The van der Waals surface area contributed by atoms with Crippen LogP contribution in [0.4, 0.5) is 0 Å². The standard InChI is InChI=1S/C14H20O2.C14H12O2.C11H16O2.C10H14O2.C10H10O2.C4H6O2/c1-9(2)13(15)16-14-6-10-3-11(7-14)5-12(4-10)8-14;1-10(2)14(15)16-13-9-5-7-11-6-3-4-8-12(11)13;1-7(2)11(12)13-10-6-8-3-4-9(10)5-8;2*1-8(2)10(11)12-9-6-4-3-5-7-9;1-3-4(5)6-2/h10-12H,1,3-8H2,2H3;3-9H,1H2,2H3;8-10H,1,3-6H2,2H3;3-4,9H,1,5-7H2,2H3;3-7H,1H2,2H3;3H,1H2,2H3. The van der Waals surface area contributed by atoms with E-state index in [0.29, 0.717) is 45.3 Å². The molecular formula is C63H78O12. The van der Waals surface area contributed by atoms with E-state index in [-0.39, 0.29) is 41.7 Å². The van der Waals surface area contributed by atoms with Crippen molar-refractivity contribution in [2.75, 3.05) is 7.11 Å².